The van der Waals surface area contributed by atoms with E-state index in [2.05, 4.69) is 0 Å². The molecule has 4 heteroatoms. The Bertz CT molecular complexity index is 585. The molecular formula is C20H27NO3. The van der Waals surface area contributed by atoms with Crippen LogP contribution in [0.1, 0.15) is 56.9 Å². The third kappa shape index (κ3) is 4.53. The Morgan fingerprint density at radius 2 is 1.79 bits per heavy atom. The van der Waals surface area contributed by atoms with Crippen LogP contribution in [0.2, 0.25) is 0 Å². The Balaban J connectivity index is 1.59. The van der Waals surface area contributed by atoms with E-state index >= 15 is 0 Å². The third-order valence-electron chi connectivity index (χ3n) is 4.93. The molecule has 24 heavy (non-hydrogen) atoms. The molecule has 1 N–H and O–H groups in total. The van der Waals surface area contributed by atoms with Gasteiger partial charge in [-0.2, -0.15) is 0 Å². The number of carbonyl (C=O) groups is 1. The number of phenols is 1. The van der Waals surface area contributed by atoms with Crippen LogP contribution in [-0.4, -0.2) is 35.1 Å². The van der Waals surface area contributed by atoms with E-state index in [1.54, 1.807) is 18.2 Å². The van der Waals surface area contributed by atoms with E-state index in [-0.39, 0.29) is 17.8 Å². The average molecular weight is 329 g/mol. The summed E-state index contributed by atoms with van der Waals surface area (Å²) in [5, 5.41) is 10.2. The molecule has 3 rings (SSSR count). The van der Waals surface area contributed by atoms with E-state index in [0.29, 0.717) is 11.3 Å². The predicted octanol–water partition coefficient (Wildman–Crippen LogP) is 4.13. The van der Waals surface area contributed by atoms with Crippen molar-refractivity contribution >= 4 is 12.0 Å². The topological polar surface area (TPSA) is 49.8 Å². The Hall–Kier alpha value is -1.97. The van der Waals surface area contributed by atoms with Crippen molar-refractivity contribution in [3.05, 3.63) is 29.8 Å². The lowest BCUT2D eigenvalue weighted by molar-refractivity contribution is -0.126. The first-order valence-electron chi connectivity index (χ1n) is 9.19. The summed E-state index contributed by atoms with van der Waals surface area (Å²) in [6.07, 6.45) is 12.8. The second kappa shape index (κ2) is 8.22. The van der Waals surface area contributed by atoms with Crippen molar-refractivity contribution < 1.29 is 14.6 Å². The molecule has 130 valence electrons. The SMILES string of the molecule is O=C(/C=C/c1ccc(OC2CCCCC2)cc1O)N1CCCCC1. The summed E-state index contributed by atoms with van der Waals surface area (Å²) in [7, 11) is 0. The molecule has 0 spiro atoms. The number of amides is 1. The van der Waals surface area contributed by atoms with E-state index in [9.17, 15) is 9.90 Å². The van der Waals surface area contributed by atoms with E-state index in [1.807, 2.05) is 17.0 Å². The fourth-order valence-electron chi connectivity index (χ4n) is 3.49. The third-order valence-corrected chi connectivity index (χ3v) is 4.93. The summed E-state index contributed by atoms with van der Waals surface area (Å²) in [6, 6.07) is 5.34. The molecule has 0 atom stereocenters. The fraction of sp³-hybridized carbons (Fsp3) is 0.550. The van der Waals surface area contributed by atoms with Gasteiger partial charge >= 0.3 is 0 Å². The molecule has 1 amide bonds. The molecule has 2 fully saturated rings. The number of hydrogen-bond acceptors (Lipinski definition) is 3. The van der Waals surface area contributed by atoms with Gasteiger partial charge in [0.1, 0.15) is 11.5 Å². The van der Waals surface area contributed by atoms with Crippen molar-refractivity contribution in [1.82, 2.24) is 4.90 Å². The molecule has 1 saturated heterocycles. The highest BCUT2D eigenvalue weighted by Gasteiger charge is 2.16. The molecular weight excluding hydrogens is 302 g/mol. The molecule has 1 aliphatic heterocycles. The molecule has 4 nitrogen and oxygen atoms in total. The molecule has 1 aliphatic carbocycles. The van der Waals surface area contributed by atoms with Crippen LogP contribution in [0.25, 0.3) is 6.08 Å². The van der Waals surface area contributed by atoms with Crippen LogP contribution in [0.5, 0.6) is 11.5 Å². The predicted molar refractivity (Wildman–Crippen MR) is 95.1 cm³/mol. The normalized spacial score (nSPS) is 19.6. The maximum Gasteiger partial charge on any atom is 0.246 e. The number of nitrogens with zero attached hydrogens (tertiary/aromatic N) is 1. The number of hydrogen-bond donors (Lipinski definition) is 1. The quantitative estimate of drug-likeness (QED) is 0.845. The van der Waals surface area contributed by atoms with E-state index in [1.165, 1.54) is 25.7 Å². The number of carbonyl (C=O) groups excluding carboxylic acids is 1. The van der Waals surface area contributed by atoms with Crippen LogP contribution in [0.4, 0.5) is 0 Å². The molecule has 0 radical (unpaired) electrons. The summed E-state index contributed by atoms with van der Waals surface area (Å²) in [5.41, 5.74) is 0.649. The van der Waals surface area contributed by atoms with Crippen molar-refractivity contribution in [2.24, 2.45) is 0 Å². The minimum absolute atomic E-state index is 0.0247. The highest BCUT2D eigenvalue weighted by molar-refractivity contribution is 5.92. The van der Waals surface area contributed by atoms with Gasteiger partial charge in [0, 0.05) is 30.8 Å². The number of likely N-dealkylation sites (tertiary alicyclic amines) is 1. The number of phenolic OH excluding ortho intramolecular Hbond substituents is 1. The van der Waals surface area contributed by atoms with Crippen molar-refractivity contribution in [3.8, 4) is 11.5 Å². The van der Waals surface area contributed by atoms with Crippen LogP contribution in [0, 0.1) is 0 Å². The van der Waals surface area contributed by atoms with Gasteiger partial charge in [-0.3, -0.25) is 4.79 Å². The largest absolute Gasteiger partial charge is 0.507 e. The van der Waals surface area contributed by atoms with Crippen LogP contribution in [0.3, 0.4) is 0 Å². The van der Waals surface area contributed by atoms with E-state index in [0.717, 1.165) is 38.8 Å². The molecule has 1 saturated carbocycles. The summed E-state index contributed by atoms with van der Waals surface area (Å²) >= 11 is 0. The molecule has 1 heterocycles. The smallest absolute Gasteiger partial charge is 0.246 e. The maximum absolute atomic E-state index is 12.1. The average Bonchev–Trinajstić information content (AvgIpc) is 2.62. The minimum Gasteiger partial charge on any atom is -0.507 e. The summed E-state index contributed by atoms with van der Waals surface area (Å²) in [4.78, 5) is 14.0. The van der Waals surface area contributed by atoms with Gasteiger partial charge in [-0.05, 0) is 63.2 Å². The first-order valence-corrected chi connectivity index (χ1v) is 9.19. The van der Waals surface area contributed by atoms with Gasteiger partial charge in [0.25, 0.3) is 0 Å². The zero-order chi connectivity index (χ0) is 16.8. The lowest BCUT2D eigenvalue weighted by Crippen LogP contribution is -2.34. The number of rotatable bonds is 4. The molecule has 1 aromatic rings. The number of piperidine rings is 1. The van der Waals surface area contributed by atoms with Crippen molar-refractivity contribution in [2.75, 3.05) is 13.1 Å². The number of aromatic hydroxyl groups is 1. The van der Waals surface area contributed by atoms with Crippen LogP contribution < -0.4 is 4.74 Å². The standard InChI is InChI=1S/C20H27NO3/c22-19-15-18(24-17-7-3-1-4-8-17)11-9-16(19)10-12-20(23)21-13-5-2-6-14-21/h9-12,15,17,22H,1-8,13-14H2/b12-10+. The Morgan fingerprint density at radius 3 is 2.50 bits per heavy atom. The highest BCUT2D eigenvalue weighted by Crippen LogP contribution is 2.28. The zero-order valence-electron chi connectivity index (χ0n) is 14.2. The van der Waals surface area contributed by atoms with Gasteiger partial charge in [0.2, 0.25) is 5.91 Å². The lowest BCUT2D eigenvalue weighted by Gasteiger charge is -2.25. The molecule has 0 unspecified atom stereocenters. The van der Waals surface area contributed by atoms with Gasteiger partial charge in [-0.15, -0.1) is 0 Å². The van der Waals surface area contributed by atoms with E-state index in [4.69, 9.17) is 4.74 Å². The van der Waals surface area contributed by atoms with Gasteiger partial charge in [0.05, 0.1) is 6.10 Å². The number of benzene rings is 1. The Morgan fingerprint density at radius 1 is 1.08 bits per heavy atom. The summed E-state index contributed by atoms with van der Waals surface area (Å²) in [6.45, 7) is 1.67. The molecule has 0 aromatic heterocycles. The second-order valence-corrected chi connectivity index (χ2v) is 6.82. The second-order valence-electron chi connectivity index (χ2n) is 6.82. The first kappa shape index (κ1) is 16.9. The maximum atomic E-state index is 12.1. The molecule has 0 bridgehead atoms. The zero-order valence-corrected chi connectivity index (χ0v) is 14.2. The fourth-order valence-corrected chi connectivity index (χ4v) is 3.49. The van der Waals surface area contributed by atoms with Gasteiger partial charge in [-0.25, -0.2) is 0 Å². The lowest BCUT2D eigenvalue weighted by atomic mass is 9.98. The molecule has 1 aromatic carbocycles. The highest BCUT2D eigenvalue weighted by atomic mass is 16.5. The van der Waals surface area contributed by atoms with E-state index < -0.39 is 0 Å². The number of ether oxygens (including phenoxy) is 1. The minimum atomic E-state index is 0.0247. The Labute approximate surface area is 144 Å². The monoisotopic (exact) mass is 329 g/mol. The molecule has 2 aliphatic rings. The van der Waals surface area contributed by atoms with Gasteiger partial charge in [-0.1, -0.05) is 6.42 Å². The van der Waals surface area contributed by atoms with Crippen molar-refractivity contribution in [2.45, 2.75) is 57.5 Å². The van der Waals surface area contributed by atoms with Crippen LogP contribution in [-0.2, 0) is 4.79 Å². The van der Waals surface area contributed by atoms with Crippen molar-refractivity contribution in [1.29, 1.82) is 0 Å². The first-order chi connectivity index (χ1) is 11.7. The van der Waals surface area contributed by atoms with Crippen molar-refractivity contribution in [3.63, 3.8) is 0 Å². The summed E-state index contributed by atoms with van der Waals surface area (Å²) < 4.78 is 5.95. The Kier molecular flexibility index (Phi) is 5.78. The summed E-state index contributed by atoms with van der Waals surface area (Å²) in [5.74, 6) is 0.890. The van der Waals surface area contributed by atoms with Gasteiger partial charge < -0.3 is 14.7 Å². The van der Waals surface area contributed by atoms with Crippen LogP contribution >= 0.6 is 0 Å². The van der Waals surface area contributed by atoms with Crippen LogP contribution in [0.15, 0.2) is 24.3 Å². The van der Waals surface area contributed by atoms with Gasteiger partial charge in [0.15, 0.2) is 0 Å².